The zero-order valence-electron chi connectivity index (χ0n) is 11.7. The highest BCUT2D eigenvalue weighted by Crippen LogP contribution is 2.13. The van der Waals surface area contributed by atoms with E-state index >= 15 is 0 Å². The second-order valence-electron chi connectivity index (χ2n) is 4.65. The van der Waals surface area contributed by atoms with E-state index in [2.05, 4.69) is 12.3 Å². The lowest BCUT2D eigenvalue weighted by molar-refractivity contribution is -0.120. The molecule has 4 nitrogen and oxygen atoms in total. The van der Waals surface area contributed by atoms with Gasteiger partial charge in [0, 0.05) is 0 Å². The Morgan fingerprint density at radius 1 is 1.16 bits per heavy atom. The SMILES string of the molecule is CCCCCCCOc1ccc(CC(=O)NN)cc1. The number of benzene rings is 1. The van der Waals surface area contributed by atoms with Gasteiger partial charge in [0.1, 0.15) is 5.75 Å². The number of hydrogen-bond acceptors (Lipinski definition) is 3. The molecule has 0 fully saturated rings. The van der Waals surface area contributed by atoms with Crippen LogP contribution in [-0.2, 0) is 11.2 Å². The summed E-state index contributed by atoms with van der Waals surface area (Å²) >= 11 is 0. The summed E-state index contributed by atoms with van der Waals surface area (Å²) in [5, 5.41) is 0. The van der Waals surface area contributed by atoms with Crippen molar-refractivity contribution in [2.24, 2.45) is 5.84 Å². The van der Waals surface area contributed by atoms with Gasteiger partial charge in [0.15, 0.2) is 0 Å². The molecule has 1 aromatic carbocycles. The fourth-order valence-corrected chi connectivity index (χ4v) is 1.84. The van der Waals surface area contributed by atoms with E-state index in [0.29, 0.717) is 6.42 Å². The maximum Gasteiger partial charge on any atom is 0.238 e. The first-order valence-electron chi connectivity index (χ1n) is 6.97. The lowest BCUT2D eigenvalue weighted by Gasteiger charge is -2.07. The largest absolute Gasteiger partial charge is 0.494 e. The fourth-order valence-electron chi connectivity index (χ4n) is 1.84. The third-order valence-corrected chi connectivity index (χ3v) is 2.97. The zero-order valence-corrected chi connectivity index (χ0v) is 11.7. The number of unbranched alkanes of at least 4 members (excludes halogenated alkanes) is 4. The second kappa shape index (κ2) is 9.39. The Morgan fingerprint density at radius 3 is 2.47 bits per heavy atom. The number of carbonyl (C=O) groups is 1. The normalized spacial score (nSPS) is 10.2. The molecule has 0 radical (unpaired) electrons. The minimum Gasteiger partial charge on any atom is -0.494 e. The first kappa shape index (κ1) is 15.5. The van der Waals surface area contributed by atoms with Crippen molar-refractivity contribution in [3.63, 3.8) is 0 Å². The highest BCUT2D eigenvalue weighted by molar-refractivity contribution is 5.77. The topological polar surface area (TPSA) is 64.3 Å². The molecule has 0 unspecified atom stereocenters. The van der Waals surface area contributed by atoms with Gasteiger partial charge in [0.25, 0.3) is 0 Å². The Labute approximate surface area is 115 Å². The molecule has 3 N–H and O–H groups in total. The van der Waals surface area contributed by atoms with Gasteiger partial charge in [-0.05, 0) is 24.1 Å². The number of hydrazine groups is 1. The number of hydrogen-bond donors (Lipinski definition) is 2. The second-order valence-corrected chi connectivity index (χ2v) is 4.65. The van der Waals surface area contributed by atoms with Crippen LogP contribution in [0.5, 0.6) is 5.75 Å². The summed E-state index contributed by atoms with van der Waals surface area (Å²) in [7, 11) is 0. The van der Waals surface area contributed by atoms with Gasteiger partial charge < -0.3 is 4.74 Å². The molecule has 0 aliphatic heterocycles. The minimum absolute atomic E-state index is 0.190. The Balaban J connectivity index is 2.22. The summed E-state index contributed by atoms with van der Waals surface area (Å²) in [6, 6.07) is 7.57. The Hall–Kier alpha value is -1.55. The van der Waals surface area contributed by atoms with Crippen LogP contribution >= 0.6 is 0 Å². The van der Waals surface area contributed by atoms with Crippen LogP contribution in [0.2, 0.25) is 0 Å². The minimum atomic E-state index is -0.190. The summed E-state index contributed by atoms with van der Waals surface area (Å²) in [5.41, 5.74) is 3.05. The number of nitrogens with two attached hydrogens (primary N) is 1. The fraction of sp³-hybridized carbons (Fsp3) is 0.533. The van der Waals surface area contributed by atoms with E-state index in [9.17, 15) is 4.79 Å². The van der Waals surface area contributed by atoms with Crippen molar-refractivity contribution in [3.8, 4) is 5.75 Å². The molecular formula is C15H24N2O2. The van der Waals surface area contributed by atoms with E-state index in [4.69, 9.17) is 10.6 Å². The molecule has 0 saturated heterocycles. The van der Waals surface area contributed by atoms with E-state index in [1.807, 2.05) is 24.3 Å². The van der Waals surface area contributed by atoms with Gasteiger partial charge in [-0.3, -0.25) is 10.2 Å². The van der Waals surface area contributed by atoms with E-state index in [1.165, 1.54) is 25.7 Å². The summed E-state index contributed by atoms with van der Waals surface area (Å²) in [5.74, 6) is 5.71. The molecule has 0 atom stereocenters. The van der Waals surface area contributed by atoms with Crippen LogP contribution < -0.4 is 16.0 Å². The summed E-state index contributed by atoms with van der Waals surface area (Å²) in [6.45, 7) is 2.97. The van der Waals surface area contributed by atoms with Crippen LogP contribution in [0.15, 0.2) is 24.3 Å². The van der Waals surface area contributed by atoms with Crippen LogP contribution in [0.25, 0.3) is 0 Å². The van der Waals surface area contributed by atoms with Crippen molar-refractivity contribution in [2.75, 3.05) is 6.61 Å². The first-order chi connectivity index (χ1) is 9.26. The number of carbonyl (C=O) groups excluding carboxylic acids is 1. The summed E-state index contributed by atoms with van der Waals surface area (Å²) in [6.07, 6.45) is 6.47. The number of rotatable bonds is 9. The van der Waals surface area contributed by atoms with Crippen molar-refractivity contribution in [1.29, 1.82) is 0 Å². The lowest BCUT2D eigenvalue weighted by Crippen LogP contribution is -2.31. The quantitative estimate of drug-likeness (QED) is 0.312. The van der Waals surface area contributed by atoms with Gasteiger partial charge in [0.05, 0.1) is 13.0 Å². The molecule has 19 heavy (non-hydrogen) atoms. The summed E-state index contributed by atoms with van der Waals surface area (Å²) < 4.78 is 5.65. The molecule has 0 aliphatic carbocycles. The predicted molar refractivity (Wildman–Crippen MR) is 76.7 cm³/mol. The number of ether oxygens (including phenoxy) is 1. The average molecular weight is 264 g/mol. The molecular weight excluding hydrogens is 240 g/mol. The molecule has 1 amide bonds. The van der Waals surface area contributed by atoms with Crippen LogP contribution in [0, 0.1) is 0 Å². The molecule has 106 valence electrons. The maximum atomic E-state index is 11.1. The van der Waals surface area contributed by atoms with E-state index in [1.54, 1.807) is 0 Å². The third kappa shape index (κ3) is 6.82. The molecule has 0 aromatic heterocycles. The molecule has 1 rings (SSSR count). The monoisotopic (exact) mass is 264 g/mol. The van der Waals surface area contributed by atoms with Crippen LogP contribution in [-0.4, -0.2) is 12.5 Å². The van der Waals surface area contributed by atoms with Crippen molar-refractivity contribution in [2.45, 2.75) is 45.4 Å². The van der Waals surface area contributed by atoms with Crippen LogP contribution in [0.1, 0.15) is 44.6 Å². The molecule has 1 aromatic rings. The van der Waals surface area contributed by atoms with Crippen molar-refractivity contribution in [1.82, 2.24) is 5.43 Å². The van der Waals surface area contributed by atoms with Gasteiger partial charge in [0.2, 0.25) is 5.91 Å². The Morgan fingerprint density at radius 2 is 1.84 bits per heavy atom. The highest BCUT2D eigenvalue weighted by atomic mass is 16.5. The van der Waals surface area contributed by atoms with Crippen molar-refractivity contribution >= 4 is 5.91 Å². The maximum absolute atomic E-state index is 11.1. The van der Waals surface area contributed by atoms with E-state index in [-0.39, 0.29) is 5.91 Å². The van der Waals surface area contributed by atoms with Crippen LogP contribution in [0.4, 0.5) is 0 Å². The third-order valence-electron chi connectivity index (χ3n) is 2.97. The van der Waals surface area contributed by atoms with Gasteiger partial charge >= 0.3 is 0 Å². The van der Waals surface area contributed by atoms with Gasteiger partial charge in [-0.2, -0.15) is 0 Å². The predicted octanol–water partition coefficient (Wildman–Crippen LogP) is 2.57. The number of amides is 1. The summed E-state index contributed by atoms with van der Waals surface area (Å²) in [4.78, 5) is 11.1. The molecule has 0 heterocycles. The highest BCUT2D eigenvalue weighted by Gasteiger charge is 2.01. The smallest absolute Gasteiger partial charge is 0.238 e. The molecule has 4 heteroatoms. The van der Waals surface area contributed by atoms with Crippen molar-refractivity contribution < 1.29 is 9.53 Å². The van der Waals surface area contributed by atoms with Crippen molar-refractivity contribution in [3.05, 3.63) is 29.8 Å². The Kier molecular flexibility index (Phi) is 7.66. The lowest BCUT2D eigenvalue weighted by atomic mass is 10.1. The molecule has 0 bridgehead atoms. The average Bonchev–Trinajstić information content (AvgIpc) is 2.44. The molecule has 0 aliphatic rings. The molecule has 0 spiro atoms. The van der Waals surface area contributed by atoms with Gasteiger partial charge in [-0.25, -0.2) is 5.84 Å². The van der Waals surface area contributed by atoms with Gasteiger partial charge in [-0.15, -0.1) is 0 Å². The van der Waals surface area contributed by atoms with Gasteiger partial charge in [-0.1, -0.05) is 44.7 Å². The van der Waals surface area contributed by atoms with E-state index in [0.717, 1.165) is 24.3 Å². The molecule has 0 saturated carbocycles. The van der Waals surface area contributed by atoms with E-state index < -0.39 is 0 Å². The first-order valence-corrected chi connectivity index (χ1v) is 6.97. The Bertz CT molecular complexity index is 363. The van der Waals surface area contributed by atoms with Crippen LogP contribution in [0.3, 0.4) is 0 Å². The number of nitrogens with one attached hydrogen (secondary N) is 1. The zero-order chi connectivity index (χ0) is 13.9. The standard InChI is InChI=1S/C15H24N2O2/c1-2-3-4-5-6-11-19-14-9-7-13(8-10-14)12-15(18)17-16/h7-10H,2-6,11-12,16H2,1H3,(H,17,18).